The minimum atomic E-state index is -0.0831. The quantitative estimate of drug-likeness (QED) is 0.832. The Morgan fingerprint density at radius 3 is 2.74 bits per heavy atom. The van der Waals surface area contributed by atoms with E-state index in [2.05, 4.69) is 21.2 Å². The maximum atomic E-state index is 11.8. The maximum Gasteiger partial charge on any atom is 0.234 e. The summed E-state index contributed by atoms with van der Waals surface area (Å²) < 4.78 is 0.853. The lowest BCUT2D eigenvalue weighted by molar-refractivity contribution is -0.113. The van der Waals surface area contributed by atoms with Crippen LogP contribution in [0.2, 0.25) is 0 Å². The average Bonchev–Trinajstić information content (AvgIpc) is 2.39. The number of hydrogen-bond acceptors (Lipinski definition) is 3. The average molecular weight is 338 g/mol. The van der Waals surface area contributed by atoms with Gasteiger partial charge in [0, 0.05) is 9.37 Å². The molecule has 2 aromatic carbocycles. The van der Waals surface area contributed by atoms with E-state index in [0.29, 0.717) is 5.75 Å². The molecule has 0 saturated carbocycles. The van der Waals surface area contributed by atoms with Crippen LogP contribution in [0.3, 0.4) is 0 Å². The van der Waals surface area contributed by atoms with Gasteiger partial charge in [-0.25, -0.2) is 0 Å². The van der Waals surface area contributed by atoms with Crippen molar-refractivity contribution in [1.29, 1.82) is 0 Å². The van der Waals surface area contributed by atoms with E-state index in [1.54, 1.807) is 18.2 Å². The number of halogens is 1. The van der Waals surface area contributed by atoms with Gasteiger partial charge in [0.25, 0.3) is 0 Å². The van der Waals surface area contributed by atoms with Crippen molar-refractivity contribution in [1.82, 2.24) is 0 Å². The molecule has 0 aliphatic carbocycles. The lowest BCUT2D eigenvalue weighted by Gasteiger charge is -2.07. The summed E-state index contributed by atoms with van der Waals surface area (Å²) in [7, 11) is 0. The van der Waals surface area contributed by atoms with Gasteiger partial charge in [0.1, 0.15) is 5.75 Å². The zero-order chi connectivity index (χ0) is 13.7. The van der Waals surface area contributed by atoms with Crippen LogP contribution in [0, 0.1) is 0 Å². The summed E-state index contributed by atoms with van der Waals surface area (Å²) in [5, 5.41) is 12.2. The van der Waals surface area contributed by atoms with Crippen molar-refractivity contribution in [2.45, 2.75) is 4.90 Å². The molecule has 5 heteroatoms. The smallest absolute Gasteiger partial charge is 0.234 e. The van der Waals surface area contributed by atoms with Gasteiger partial charge < -0.3 is 10.4 Å². The molecule has 0 spiro atoms. The summed E-state index contributed by atoms with van der Waals surface area (Å²) in [5.41, 5.74) is 0.754. The number of thioether (sulfide) groups is 1. The second-order valence-electron chi connectivity index (χ2n) is 3.81. The molecule has 0 unspecified atom stereocenters. The van der Waals surface area contributed by atoms with Crippen LogP contribution >= 0.6 is 27.7 Å². The Balaban J connectivity index is 1.90. The number of phenols is 1. The van der Waals surface area contributed by atoms with Gasteiger partial charge in [-0.15, -0.1) is 11.8 Å². The maximum absolute atomic E-state index is 11.8. The molecule has 0 radical (unpaired) electrons. The molecule has 0 bridgehead atoms. The largest absolute Gasteiger partial charge is 0.508 e. The molecule has 2 rings (SSSR count). The van der Waals surface area contributed by atoms with Gasteiger partial charge in [0.2, 0.25) is 5.91 Å². The van der Waals surface area contributed by atoms with Gasteiger partial charge >= 0.3 is 0 Å². The fourth-order valence-corrected chi connectivity index (χ4v) is 2.60. The van der Waals surface area contributed by atoms with Crippen LogP contribution in [-0.2, 0) is 4.79 Å². The first-order chi connectivity index (χ1) is 9.15. The molecule has 0 saturated heterocycles. The first kappa shape index (κ1) is 14.0. The van der Waals surface area contributed by atoms with E-state index < -0.39 is 0 Å². The Morgan fingerprint density at radius 2 is 2.00 bits per heavy atom. The first-order valence-corrected chi connectivity index (χ1v) is 7.39. The lowest BCUT2D eigenvalue weighted by atomic mass is 10.3. The van der Waals surface area contributed by atoms with E-state index in [0.717, 1.165) is 15.1 Å². The van der Waals surface area contributed by atoms with Crippen molar-refractivity contribution in [3.8, 4) is 5.75 Å². The van der Waals surface area contributed by atoms with Crippen LogP contribution in [-0.4, -0.2) is 16.8 Å². The molecule has 0 atom stereocenters. The second-order valence-corrected chi connectivity index (χ2v) is 5.72. The molecule has 2 N–H and O–H groups in total. The molecule has 98 valence electrons. The van der Waals surface area contributed by atoms with E-state index in [1.807, 2.05) is 30.3 Å². The summed E-state index contributed by atoms with van der Waals surface area (Å²) in [6.45, 7) is 0. The number of amides is 1. The topological polar surface area (TPSA) is 49.3 Å². The highest BCUT2D eigenvalue weighted by molar-refractivity contribution is 9.10. The van der Waals surface area contributed by atoms with Crippen molar-refractivity contribution in [3.63, 3.8) is 0 Å². The van der Waals surface area contributed by atoms with Gasteiger partial charge in [0.15, 0.2) is 0 Å². The van der Waals surface area contributed by atoms with Gasteiger partial charge in [-0.3, -0.25) is 4.79 Å². The van der Waals surface area contributed by atoms with E-state index in [4.69, 9.17) is 0 Å². The lowest BCUT2D eigenvalue weighted by Crippen LogP contribution is -2.14. The summed E-state index contributed by atoms with van der Waals surface area (Å²) >= 11 is 4.76. The van der Waals surface area contributed by atoms with Crippen LogP contribution in [0.25, 0.3) is 0 Å². The third-order valence-electron chi connectivity index (χ3n) is 2.34. The Hall–Kier alpha value is -1.46. The Bertz CT molecular complexity index is 589. The number of anilines is 1. The van der Waals surface area contributed by atoms with Crippen LogP contribution in [0.5, 0.6) is 5.75 Å². The second kappa shape index (κ2) is 6.63. The monoisotopic (exact) mass is 337 g/mol. The minimum absolute atomic E-state index is 0.0831. The molecule has 0 aliphatic heterocycles. The van der Waals surface area contributed by atoms with E-state index in [9.17, 15) is 9.90 Å². The SMILES string of the molecule is O=C(CSc1cccc(O)c1)Nc1ccccc1Br. The number of carbonyl (C=O) groups excluding carboxylic acids is 1. The van der Waals surface area contributed by atoms with Crippen LogP contribution in [0.1, 0.15) is 0 Å². The van der Waals surface area contributed by atoms with Crippen molar-refractivity contribution in [3.05, 3.63) is 53.0 Å². The van der Waals surface area contributed by atoms with Gasteiger partial charge in [-0.2, -0.15) is 0 Å². The molecule has 0 aromatic heterocycles. The Kier molecular flexibility index (Phi) is 4.87. The molecule has 0 heterocycles. The van der Waals surface area contributed by atoms with Gasteiger partial charge in [-0.05, 0) is 46.3 Å². The number of phenolic OH excluding ortho intramolecular Hbond substituents is 1. The Labute approximate surface area is 124 Å². The van der Waals surface area contributed by atoms with Crippen molar-refractivity contribution < 1.29 is 9.90 Å². The molecule has 3 nitrogen and oxygen atoms in total. The number of benzene rings is 2. The van der Waals surface area contributed by atoms with Crippen molar-refractivity contribution in [2.24, 2.45) is 0 Å². The molecule has 2 aromatic rings. The molecule has 19 heavy (non-hydrogen) atoms. The van der Waals surface area contributed by atoms with Crippen LogP contribution < -0.4 is 5.32 Å². The van der Waals surface area contributed by atoms with Crippen LogP contribution in [0.4, 0.5) is 5.69 Å². The third-order valence-corrected chi connectivity index (χ3v) is 4.02. The zero-order valence-corrected chi connectivity index (χ0v) is 12.4. The summed E-state index contributed by atoms with van der Waals surface area (Å²) in [6.07, 6.45) is 0. The highest BCUT2D eigenvalue weighted by Gasteiger charge is 2.06. The van der Waals surface area contributed by atoms with E-state index in [1.165, 1.54) is 11.8 Å². The van der Waals surface area contributed by atoms with Gasteiger partial charge in [0.05, 0.1) is 11.4 Å². The third kappa shape index (κ3) is 4.29. The zero-order valence-electron chi connectivity index (χ0n) is 9.97. The summed E-state index contributed by atoms with van der Waals surface area (Å²) in [6, 6.07) is 14.3. The molecule has 0 fully saturated rings. The van der Waals surface area contributed by atoms with Crippen molar-refractivity contribution >= 4 is 39.3 Å². The minimum Gasteiger partial charge on any atom is -0.508 e. The molecular formula is C14H12BrNO2S. The molecular weight excluding hydrogens is 326 g/mol. The number of rotatable bonds is 4. The number of para-hydroxylation sites is 1. The number of aromatic hydroxyl groups is 1. The number of carbonyl (C=O) groups is 1. The summed E-state index contributed by atoms with van der Waals surface area (Å²) in [4.78, 5) is 12.7. The van der Waals surface area contributed by atoms with Crippen molar-refractivity contribution in [2.75, 3.05) is 11.1 Å². The molecule has 1 amide bonds. The predicted molar refractivity (Wildman–Crippen MR) is 81.6 cm³/mol. The van der Waals surface area contributed by atoms with E-state index in [-0.39, 0.29) is 11.7 Å². The Morgan fingerprint density at radius 1 is 1.21 bits per heavy atom. The normalized spacial score (nSPS) is 10.2. The standard InChI is InChI=1S/C14H12BrNO2S/c15-12-6-1-2-7-13(12)16-14(18)9-19-11-5-3-4-10(17)8-11/h1-8,17H,9H2,(H,16,18). The fraction of sp³-hybridized carbons (Fsp3) is 0.0714. The highest BCUT2D eigenvalue weighted by atomic mass is 79.9. The number of nitrogens with one attached hydrogen (secondary N) is 1. The fourth-order valence-electron chi connectivity index (χ4n) is 1.47. The molecule has 0 aliphatic rings. The van der Waals surface area contributed by atoms with E-state index >= 15 is 0 Å². The predicted octanol–water partition coefficient (Wildman–Crippen LogP) is 3.89. The summed E-state index contributed by atoms with van der Waals surface area (Å²) in [5.74, 6) is 0.418. The van der Waals surface area contributed by atoms with Crippen LogP contribution in [0.15, 0.2) is 57.9 Å². The first-order valence-electron chi connectivity index (χ1n) is 5.61. The highest BCUT2D eigenvalue weighted by Crippen LogP contribution is 2.24. The number of hydrogen-bond donors (Lipinski definition) is 2. The van der Waals surface area contributed by atoms with Gasteiger partial charge in [-0.1, -0.05) is 18.2 Å².